The fourth-order valence-corrected chi connectivity index (χ4v) is 3.49. The lowest BCUT2D eigenvalue weighted by molar-refractivity contribution is 0.0743. The molecule has 1 amide bonds. The molecule has 0 bridgehead atoms. The van der Waals surface area contributed by atoms with E-state index in [0.717, 1.165) is 16.3 Å². The summed E-state index contributed by atoms with van der Waals surface area (Å²) in [6.07, 6.45) is 0.801. The largest absolute Gasteiger partial charge is 0.334 e. The van der Waals surface area contributed by atoms with Gasteiger partial charge in [-0.15, -0.1) is 0 Å². The Hall–Kier alpha value is -2.69. The first-order chi connectivity index (χ1) is 12.8. The van der Waals surface area contributed by atoms with E-state index >= 15 is 0 Å². The highest BCUT2D eigenvalue weighted by atomic mass is 32.2. The molecule has 0 aliphatic rings. The van der Waals surface area contributed by atoms with Crippen LogP contribution in [-0.4, -0.2) is 44.2 Å². The van der Waals surface area contributed by atoms with Crippen LogP contribution in [0.4, 0.5) is 0 Å². The summed E-state index contributed by atoms with van der Waals surface area (Å²) in [5, 5.41) is 8.89. The third-order valence-corrected chi connectivity index (χ3v) is 5.95. The molecule has 0 aromatic heterocycles. The summed E-state index contributed by atoms with van der Waals surface area (Å²) < 4.78 is 25.4. The van der Waals surface area contributed by atoms with Gasteiger partial charge >= 0.3 is 0 Å². The van der Waals surface area contributed by atoms with Gasteiger partial charge in [-0.25, -0.2) is 12.7 Å². The summed E-state index contributed by atoms with van der Waals surface area (Å²) in [6, 6.07) is 15.2. The van der Waals surface area contributed by atoms with E-state index in [9.17, 15) is 13.2 Å². The number of carbonyl (C=O) groups is 1. The Kier molecular flexibility index (Phi) is 6.72. The molecule has 0 aliphatic carbocycles. The molecular formula is C20H23N3O3S. The smallest absolute Gasteiger partial charge is 0.254 e. The quantitative estimate of drug-likeness (QED) is 0.734. The van der Waals surface area contributed by atoms with Gasteiger partial charge in [-0.1, -0.05) is 19.1 Å². The number of hydrogen-bond donors (Lipinski definition) is 0. The van der Waals surface area contributed by atoms with Crippen LogP contribution in [-0.2, 0) is 16.6 Å². The topological polar surface area (TPSA) is 81.5 Å². The van der Waals surface area contributed by atoms with E-state index in [2.05, 4.69) is 6.07 Å². The molecule has 142 valence electrons. The summed E-state index contributed by atoms with van der Waals surface area (Å²) >= 11 is 0. The van der Waals surface area contributed by atoms with Crippen LogP contribution in [0.25, 0.3) is 0 Å². The maximum atomic E-state index is 12.9. The average molecular weight is 385 g/mol. The number of rotatable bonds is 7. The van der Waals surface area contributed by atoms with Crippen LogP contribution in [0.5, 0.6) is 0 Å². The van der Waals surface area contributed by atoms with Gasteiger partial charge in [-0.05, 0) is 48.4 Å². The first-order valence-corrected chi connectivity index (χ1v) is 10.0. The SMILES string of the molecule is CCCN(Cc1ccc(C#N)cc1)C(=O)c1ccc(S(=O)(=O)N(C)C)cc1. The van der Waals surface area contributed by atoms with Gasteiger partial charge in [0.05, 0.1) is 16.5 Å². The van der Waals surface area contributed by atoms with E-state index in [-0.39, 0.29) is 10.8 Å². The van der Waals surface area contributed by atoms with E-state index in [4.69, 9.17) is 5.26 Å². The summed E-state index contributed by atoms with van der Waals surface area (Å²) in [4.78, 5) is 14.7. The predicted molar refractivity (Wildman–Crippen MR) is 104 cm³/mol. The summed E-state index contributed by atoms with van der Waals surface area (Å²) in [7, 11) is -0.588. The number of sulfonamides is 1. The van der Waals surface area contributed by atoms with Gasteiger partial charge in [0, 0.05) is 32.7 Å². The second kappa shape index (κ2) is 8.80. The van der Waals surface area contributed by atoms with Crippen molar-refractivity contribution in [1.82, 2.24) is 9.21 Å². The predicted octanol–water partition coefficient (Wildman–Crippen LogP) is 2.86. The van der Waals surface area contributed by atoms with Crippen LogP contribution < -0.4 is 0 Å². The lowest BCUT2D eigenvalue weighted by Crippen LogP contribution is -2.31. The standard InChI is InChI=1S/C20H23N3O3S/c1-4-13-23(15-17-7-5-16(14-21)6-8-17)20(24)18-9-11-19(12-10-18)27(25,26)22(2)3/h5-12H,4,13,15H2,1-3H3. The summed E-state index contributed by atoms with van der Waals surface area (Å²) in [5.41, 5.74) is 1.95. The van der Waals surface area contributed by atoms with E-state index in [1.54, 1.807) is 29.2 Å². The van der Waals surface area contributed by atoms with Gasteiger partial charge in [0.1, 0.15) is 0 Å². The maximum Gasteiger partial charge on any atom is 0.254 e. The van der Waals surface area contributed by atoms with Crippen LogP contribution in [0.1, 0.15) is 34.8 Å². The number of benzene rings is 2. The fourth-order valence-electron chi connectivity index (χ4n) is 2.59. The van der Waals surface area contributed by atoms with E-state index in [0.29, 0.717) is 24.2 Å². The van der Waals surface area contributed by atoms with Crippen molar-refractivity contribution < 1.29 is 13.2 Å². The Balaban J connectivity index is 2.22. The highest BCUT2D eigenvalue weighted by Crippen LogP contribution is 2.17. The summed E-state index contributed by atoms with van der Waals surface area (Å²) in [5.74, 6) is -0.157. The minimum atomic E-state index is -3.52. The molecule has 7 heteroatoms. The molecule has 6 nitrogen and oxygen atoms in total. The third-order valence-electron chi connectivity index (χ3n) is 4.12. The number of nitrogens with zero attached hydrogens (tertiary/aromatic N) is 3. The maximum absolute atomic E-state index is 12.9. The molecule has 27 heavy (non-hydrogen) atoms. The van der Waals surface area contributed by atoms with Gasteiger partial charge in [-0.2, -0.15) is 5.26 Å². The molecule has 0 aliphatic heterocycles. The highest BCUT2D eigenvalue weighted by molar-refractivity contribution is 7.89. The molecule has 2 rings (SSSR count). The van der Waals surface area contributed by atoms with Gasteiger partial charge < -0.3 is 4.90 Å². The van der Waals surface area contributed by atoms with Crippen LogP contribution in [0, 0.1) is 11.3 Å². The Morgan fingerprint density at radius 2 is 1.63 bits per heavy atom. The number of nitriles is 1. The van der Waals surface area contributed by atoms with Crippen molar-refractivity contribution in [2.75, 3.05) is 20.6 Å². The van der Waals surface area contributed by atoms with Gasteiger partial charge in [0.25, 0.3) is 5.91 Å². The Labute approximate surface area is 160 Å². The molecule has 2 aromatic carbocycles. The van der Waals surface area contributed by atoms with Gasteiger partial charge in [0.2, 0.25) is 10.0 Å². The lowest BCUT2D eigenvalue weighted by Gasteiger charge is -2.22. The second-order valence-corrected chi connectivity index (χ2v) is 8.50. The van der Waals surface area contributed by atoms with E-state index in [1.807, 2.05) is 19.1 Å². The van der Waals surface area contributed by atoms with Crippen molar-refractivity contribution in [3.8, 4) is 6.07 Å². The second-order valence-electron chi connectivity index (χ2n) is 6.35. The summed E-state index contributed by atoms with van der Waals surface area (Å²) in [6.45, 7) is 3.00. The van der Waals surface area contributed by atoms with Crippen molar-refractivity contribution in [1.29, 1.82) is 5.26 Å². The van der Waals surface area contributed by atoms with Crippen LogP contribution in [0.2, 0.25) is 0 Å². The molecule has 2 aromatic rings. The highest BCUT2D eigenvalue weighted by Gasteiger charge is 2.19. The minimum absolute atomic E-state index is 0.151. The first kappa shape index (κ1) is 20.6. The Morgan fingerprint density at radius 1 is 1.04 bits per heavy atom. The molecule has 0 N–H and O–H groups in total. The van der Waals surface area contributed by atoms with Gasteiger partial charge in [0.15, 0.2) is 0 Å². The van der Waals surface area contributed by atoms with Gasteiger partial charge in [-0.3, -0.25) is 4.79 Å². The van der Waals surface area contributed by atoms with Crippen LogP contribution in [0.3, 0.4) is 0 Å². The molecule has 0 saturated carbocycles. The van der Waals surface area contributed by atoms with Crippen molar-refractivity contribution in [2.24, 2.45) is 0 Å². The zero-order valence-electron chi connectivity index (χ0n) is 15.7. The van der Waals surface area contributed by atoms with E-state index in [1.165, 1.54) is 26.2 Å². The van der Waals surface area contributed by atoms with Crippen LogP contribution in [0.15, 0.2) is 53.4 Å². The number of hydrogen-bond acceptors (Lipinski definition) is 4. The zero-order valence-corrected chi connectivity index (χ0v) is 16.5. The Bertz CT molecular complexity index is 928. The fraction of sp³-hybridized carbons (Fsp3) is 0.300. The molecule has 0 unspecified atom stereocenters. The normalized spacial score (nSPS) is 11.2. The molecule has 0 spiro atoms. The van der Waals surface area contributed by atoms with Crippen molar-refractivity contribution in [2.45, 2.75) is 24.8 Å². The first-order valence-electron chi connectivity index (χ1n) is 8.60. The average Bonchev–Trinajstić information content (AvgIpc) is 2.67. The molecular weight excluding hydrogens is 362 g/mol. The van der Waals surface area contributed by atoms with Crippen LogP contribution >= 0.6 is 0 Å². The van der Waals surface area contributed by atoms with Crippen molar-refractivity contribution in [3.63, 3.8) is 0 Å². The Morgan fingerprint density at radius 3 is 2.11 bits per heavy atom. The zero-order chi connectivity index (χ0) is 20.0. The molecule has 0 heterocycles. The van der Waals surface area contributed by atoms with Crippen molar-refractivity contribution in [3.05, 3.63) is 65.2 Å². The molecule has 0 atom stereocenters. The van der Waals surface area contributed by atoms with Crippen molar-refractivity contribution >= 4 is 15.9 Å². The third kappa shape index (κ3) is 4.94. The molecule has 0 fully saturated rings. The minimum Gasteiger partial charge on any atom is -0.334 e. The number of carbonyl (C=O) groups excluding carboxylic acids is 1. The van der Waals surface area contributed by atoms with E-state index < -0.39 is 10.0 Å². The monoisotopic (exact) mass is 385 g/mol. The lowest BCUT2D eigenvalue weighted by atomic mass is 10.1. The number of amides is 1. The molecule has 0 saturated heterocycles. The molecule has 0 radical (unpaired) electrons.